The van der Waals surface area contributed by atoms with Crippen molar-refractivity contribution in [2.75, 3.05) is 19.6 Å². The molecule has 1 aliphatic carbocycles. The van der Waals surface area contributed by atoms with Gasteiger partial charge in [-0.3, -0.25) is 4.79 Å². The first kappa shape index (κ1) is 10.9. The summed E-state index contributed by atoms with van der Waals surface area (Å²) in [5, 5.41) is 8.56. The summed E-state index contributed by atoms with van der Waals surface area (Å²) in [6.45, 7) is 3.76. The van der Waals surface area contributed by atoms with Gasteiger partial charge in [0.05, 0.1) is 0 Å². The number of nitrogens with zero attached hydrogens (tertiary/aromatic N) is 1. The van der Waals surface area contributed by atoms with Crippen molar-refractivity contribution in [2.45, 2.75) is 38.5 Å². The van der Waals surface area contributed by atoms with Crippen molar-refractivity contribution < 1.29 is 9.90 Å². The summed E-state index contributed by atoms with van der Waals surface area (Å²) in [5.74, 6) is 1.11. The van der Waals surface area contributed by atoms with Crippen LogP contribution in [0.3, 0.4) is 0 Å². The number of likely N-dealkylation sites (tertiary alicyclic amines) is 1. The Hall–Kier alpha value is -0.570. The van der Waals surface area contributed by atoms with E-state index < -0.39 is 5.97 Å². The van der Waals surface area contributed by atoms with E-state index in [2.05, 4.69) is 4.90 Å². The van der Waals surface area contributed by atoms with Crippen LogP contribution in [0.4, 0.5) is 0 Å². The second-order valence-electron chi connectivity index (χ2n) is 5.14. The van der Waals surface area contributed by atoms with Crippen LogP contribution in [0.15, 0.2) is 0 Å². The van der Waals surface area contributed by atoms with Crippen molar-refractivity contribution in [3.8, 4) is 0 Å². The van der Waals surface area contributed by atoms with E-state index in [0.29, 0.717) is 6.42 Å². The lowest BCUT2D eigenvalue weighted by atomic mass is 10.0. The van der Waals surface area contributed by atoms with Crippen molar-refractivity contribution >= 4 is 5.97 Å². The van der Waals surface area contributed by atoms with Crippen LogP contribution in [0.2, 0.25) is 0 Å². The molecule has 0 aromatic heterocycles. The molecular weight excluding hydrogens is 190 g/mol. The Morgan fingerprint density at radius 2 is 2.07 bits per heavy atom. The number of carboxylic acid groups (broad SMARTS) is 1. The number of aliphatic carboxylic acids is 1. The van der Waals surface area contributed by atoms with Crippen LogP contribution in [-0.4, -0.2) is 35.6 Å². The Balaban J connectivity index is 1.57. The van der Waals surface area contributed by atoms with E-state index in [1.807, 2.05) is 0 Å². The quantitative estimate of drug-likeness (QED) is 0.730. The first-order chi connectivity index (χ1) is 7.24. The van der Waals surface area contributed by atoms with Gasteiger partial charge in [0, 0.05) is 19.5 Å². The van der Waals surface area contributed by atoms with E-state index in [1.54, 1.807) is 0 Å². The van der Waals surface area contributed by atoms with Gasteiger partial charge in [-0.25, -0.2) is 0 Å². The van der Waals surface area contributed by atoms with Crippen molar-refractivity contribution in [1.82, 2.24) is 4.90 Å². The lowest BCUT2D eigenvalue weighted by molar-refractivity contribution is -0.137. The molecule has 1 unspecified atom stereocenters. The van der Waals surface area contributed by atoms with Crippen molar-refractivity contribution in [3.05, 3.63) is 0 Å². The first-order valence-electron chi connectivity index (χ1n) is 6.18. The van der Waals surface area contributed by atoms with Gasteiger partial charge < -0.3 is 10.0 Å². The van der Waals surface area contributed by atoms with Crippen LogP contribution in [0.1, 0.15) is 38.5 Å². The predicted molar refractivity (Wildman–Crippen MR) is 58.8 cm³/mol. The Bertz CT molecular complexity index is 226. The summed E-state index contributed by atoms with van der Waals surface area (Å²) in [7, 11) is 0. The minimum absolute atomic E-state index is 0.346. The molecule has 2 aliphatic rings. The molecule has 0 aromatic rings. The highest BCUT2D eigenvalue weighted by Crippen LogP contribution is 2.32. The molecule has 1 atom stereocenters. The minimum atomic E-state index is -0.650. The zero-order chi connectivity index (χ0) is 10.7. The molecule has 1 heterocycles. The first-order valence-corrected chi connectivity index (χ1v) is 6.18. The van der Waals surface area contributed by atoms with E-state index in [0.717, 1.165) is 24.7 Å². The molecule has 0 radical (unpaired) electrons. The standard InChI is InChI=1S/C12H21NO2/c14-12(15)3-1-2-10-6-7-13(8-10)9-11-4-5-11/h10-11H,1-9H2,(H,14,15). The second-order valence-corrected chi connectivity index (χ2v) is 5.14. The van der Waals surface area contributed by atoms with Crippen LogP contribution in [-0.2, 0) is 4.79 Å². The van der Waals surface area contributed by atoms with Gasteiger partial charge in [-0.1, -0.05) is 0 Å². The van der Waals surface area contributed by atoms with Gasteiger partial charge in [-0.2, -0.15) is 0 Å². The fraction of sp³-hybridized carbons (Fsp3) is 0.917. The fourth-order valence-electron chi connectivity index (χ4n) is 2.52. The van der Waals surface area contributed by atoms with Crippen molar-refractivity contribution in [3.63, 3.8) is 0 Å². The smallest absolute Gasteiger partial charge is 0.303 e. The lowest BCUT2D eigenvalue weighted by Crippen LogP contribution is -2.23. The molecule has 3 heteroatoms. The predicted octanol–water partition coefficient (Wildman–Crippen LogP) is 1.97. The topological polar surface area (TPSA) is 40.5 Å². The molecule has 1 saturated heterocycles. The summed E-state index contributed by atoms with van der Waals surface area (Å²) in [6.07, 6.45) is 6.45. The maximum absolute atomic E-state index is 10.4. The van der Waals surface area contributed by atoms with Crippen LogP contribution < -0.4 is 0 Å². The van der Waals surface area contributed by atoms with Gasteiger partial charge in [0.25, 0.3) is 0 Å². The van der Waals surface area contributed by atoms with Gasteiger partial charge >= 0.3 is 5.97 Å². The zero-order valence-electron chi connectivity index (χ0n) is 9.32. The normalized spacial score (nSPS) is 27.1. The average molecular weight is 211 g/mol. The fourth-order valence-corrected chi connectivity index (χ4v) is 2.52. The zero-order valence-corrected chi connectivity index (χ0v) is 9.32. The van der Waals surface area contributed by atoms with Gasteiger partial charge in [0.1, 0.15) is 0 Å². The third kappa shape index (κ3) is 3.82. The van der Waals surface area contributed by atoms with Crippen LogP contribution in [0, 0.1) is 11.8 Å². The number of hydrogen-bond acceptors (Lipinski definition) is 2. The number of rotatable bonds is 6. The van der Waals surface area contributed by atoms with Gasteiger partial charge in [0.2, 0.25) is 0 Å². The van der Waals surface area contributed by atoms with E-state index in [1.165, 1.54) is 38.9 Å². The molecule has 1 saturated carbocycles. The molecule has 1 aliphatic heterocycles. The lowest BCUT2D eigenvalue weighted by Gasteiger charge is -2.15. The summed E-state index contributed by atoms with van der Waals surface area (Å²) < 4.78 is 0. The number of carboxylic acids is 1. The third-order valence-corrected chi connectivity index (χ3v) is 3.59. The summed E-state index contributed by atoms with van der Waals surface area (Å²) in [5.41, 5.74) is 0. The van der Waals surface area contributed by atoms with Crippen LogP contribution in [0.5, 0.6) is 0 Å². The summed E-state index contributed by atoms with van der Waals surface area (Å²) >= 11 is 0. The molecule has 0 bridgehead atoms. The van der Waals surface area contributed by atoms with E-state index >= 15 is 0 Å². The van der Waals surface area contributed by atoms with Crippen LogP contribution in [0.25, 0.3) is 0 Å². The molecule has 0 amide bonds. The number of hydrogen-bond donors (Lipinski definition) is 1. The molecule has 1 N–H and O–H groups in total. The summed E-state index contributed by atoms with van der Waals surface area (Å²) in [6, 6.07) is 0. The van der Waals surface area contributed by atoms with E-state index in [4.69, 9.17) is 5.11 Å². The Morgan fingerprint density at radius 1 is 1.27 bits per heavy atom. The van der Waals surface area contributed by atoms with Crippen LogP contribution >= 0.6 is 0 Å². The van der Waals surface area contributed by atoms with E-state index in [-0.39, 0.29) is 0 Å². The molecule has 0 spiro atoms. The summed E-state index contributed by atoms with van der Waals surface area (Å²) in [4.78, 5) is 13.0. The van der Waals surface area contributed by atoms with Gasteiger partial charge in [0.15, 0.2) is 0 Å². The molecule has 86 valence electrons. The third-order valence-electron chi connectivity index (χ3n) is 3.59. The van der Waals surface area contributed by atoms with Gasteiger partial charge in [-0.05, 0) is 50.5 Å². The number of carbonyl (C=O) groups is 1. The minimum Gasteiger partial charge on any atom is -0.481 e. The average Bonchev–Trinajstić information content (AvgIpc) is 2.86. The molecule has 2 rings (SSSR count). The Kier molecular flexibility index (Phi) is 3.62. The Morgan fingerprint density at radius 3 is 2.73 bits per heavy atom. The molecule has 3 nitrogen and oxygen atoms in total. The van der Waals surface area contributed by atoms with E-state index in [9.17, 15) is 4.79 Å². The Labute approximate surface area is 91.5 Å². The molecule has 2 fully saturated rings. The molecule has 0 aromatic carbocycles. The largest absolute Gasteiger partial charge is 0.481 e. The van der Waals surface area contributed by atoms with Crippen molar-refractivity contribution in [2.24, 2.45) is 11.8 Å². The molecule has 15 heavy (non-hydrogen) atoms. The van der Waals surface area contributed by atoms with Gasteiger partial charge in [-0.15, -0.1) is 0 Å². The second kappa shape index (κ2) is 4.97. The highest BCUT2D eigenvalue weighted by atomic mass is 16.4. The highest BCUT2D eigenvalue weighted by molar-refractivity contribution is 5.66. The highest BCUT2D eigenvalue weighted by Gasteiger charge is 2.28. The van der Waals surface area contributed by atoms with Crippen molar-refractivity contribution in [1.29, 1.82) is 0 Å². The SMILES string of the molecule is O=C(O)CCCC1CCN(CC2CC2)C1. The maximum atomic E-state index is 10.4. The monoisotopic (exact) mass is 211 g/mol. The maximum Gasteiger partial charge on any atom is 0.303 e. The molecular formula is C12H21NO2.